The highest BCUT2D eigenvalue weighted by Gasteiger charge is 2.22. The fourth-order valence-corrected chi connectivity index (χ4v) is 2.46. The summed E-state index contributed by atoms with van der Waals surface area (Å²) in [7, 11) is 0. The molecule has 5 heteroatoms. The van der Waals surface area contributed by atoms with Gasteiger partial charge in [0, 0.05) is 12.6 Å². The van der Waals surface area contributed by atoms with E-state index in [1.807, 2.05) is 0 Å². The maximum atomic E-state index is 13.3. The first-order chi connectivity index (χ1) is 9.11. The number of carbonyl (C=O) groups excluding carboxylic acids is 1. The van der Waals surface area contributed by atoms with Crippen LogP contribution in [0.5, 0.6) is 0 Å². The number of nitrogens with one attached hydrogen (secondary N) is 1. The quantitative estimate of drug-likeness (QED) is 0.817. The van der Waals surface area contributed by atoms with Crippen LogP contribution in [0.3, 0.4) is 0 Å². The molecule has 19 heavy (non-hydrogen) atoms. The van der Waals surface area contributed by atoms with Crippen molar-refractivity contribution in [1.29, 1.82) is 0 Å². The summed E-state index contributed by atoms with van der Waals surface area (Å²) < 4.78 is 13.3. The van der Waals surface area contributed by atoms with Gasteiger partial charge in [-0.15, -0.1) is 0 Å². The lowest BCUT2D eigenvalue weighted by Crippen LogP contribution is -2.47. The van der Waals surface area contributed by atoms with Crippen molar-refractivity contribution in [3.05, 3.63) is 29.6 Å². The van der Waals surface area contributed by atoms with Crippen molar-refractivity contribution in [3.8, 4) is 0 Å². The van der Waals surface area contributed by atoms with Gasteiger partial charge in [-0.25, -0.2) is 4.39 Å². The average Bonchev–Trinajstić information content (AvgIpc) is 2.42. The molecule has 4 nitrogen and oxygen atoms in total. The standard InChI is InChI=1S/C14H20FN3O/c1-2-18-8-4-5-10(9-18)17-14(19)11-6-3-7-12(15)13(11)16/h3,6-7,10H,2,4-5,8-9,16H2,1H3,(H,17,19). The van der Waals surface area contributed by atoms with Gasteiger partial charge in [0.1, 0.15) is 5.82 Å². The number of amides is 1. The van der Waals surface area contributed by atoms with Crippen molar-refractivity contribution in [2.24, 2.45) is 0 Å². The molecule has 3 N–H and O–H groups in total. The number of para-hydroxylation sites is 1. The predicted molar refractivity (Wildman–Crippen MR) is 73.4 cm³/mol. The molecule has 0 radical (unpaired) electrons. The molecule has 0 bridgehead atoms. The number of anilines is 1. The lowest BCUT2D eigenvalue weighted by Gasteiger charge is -2.32. The van der Waals surface area contributed by atoms with Crippen LogP contribution in [0.4, 0.5) is 10.1 Å². The number of likely N-dealkylation sites (tertiary alicyclic amines) is 1. The van der Waals surface area contributed by atoms with Gasteiger partial charge in [0.25, 0.3) is 5.91 Å². The van der Waals surface area contributed by atoms with Crippen molar-refractivity contribution in [3.63, 3.8) is 0 Å². The molecule has 0 aromatic heterocycles. The van der Waals surface area contributed by atoms with E-state index in [1.54, 1.807) is 6.07 Å². The Morgan fingerprint density at radius 3 is 3.11 bits per heavy atom. The first-order valence-electron chi connectivity index (χ1n) is 6.69. The number of piperidine rings is 1. The number of nitrogen functional groups attached to an aromatic ring is 1. The van der Waals surface area contributed by atoms with Gasteiger partial charge in [-0.05, 0) is 38.1 Å². The Morgan fingerprint density at radius 1 is 1.58 bits per heavy atom. The number of hydrogen-bond acceptors (Lipinski definition) is 3. The first kappa shape index (κ1) is 13.8. The van der Waals surface area contributed by atoms with E-state index in [1.165, 1.54) is 12.1 Å². The number of hydrogen-bond donors (Lipinski definition) is 2. The minimum Gasteiger partial charge on any atom is -0.396 e. The SMILES string of the molecule is CCN1CCCC(NC(=O)c2cccc(F)c2N)C1. The molecule has 0 saturated carbocycles. The third-order valence-corrected chi connectivity index (χ3v) is 3.59. The van der Waals surface area contributed by atoms with Gasteiger partial charge in [-0.1, -0.05) is 13.0 Å². The molecule has 1 saturated heterocycles. The van der Waals surface area contributed by atoms with Crippen LogP contribution in [0.1, 0.15) is 30.1 Å². The zero-order chi connectivity index (χ0) is 13.8. The maximum Gasteiger partial charge on any atom is 0.253 e. The van der Waals surface area contributed by atoms with Crippen LogP contribution >= 0.6 is 0 Å². The summed E-state index contributed by atoms with van der Waals surface area (Å²) in [5.74, 6) is -0.841. The van der Waals surface area contributed by atoms with Crippen LogP contribution in [-0.2, 0) is 0 Å². The van der Waals surface area contributed by atoms with E-state index in [2.05, 4.69) is 17.1 Å². The van der Waals surface area contributed by atoms with Crippen LogP contribution in [0, 0.1) is 5.82 Å². The molecule has 1 amide bonds. The Balaban J connectivity index is 2.02. The smallest absolute Gasteiger partial charge is 0.253 e. The van der Waals surface area contributed by atoms with E-state index < -0.39 is 5.82 Å². The number of likely N-dealkylation sites (N-methyl/N-ethyl adjacent to an activating group) is 1. The Morgan fingerprint density at radius 2 is 2.37 bits per heavy atom. The van der Waals surface area contributed by atoms with E-state index in [0.717, 1.165) is 32.5 Å². The Kier molecular flexibility index (Phi) is 4.37. The molecule has 1 atom stereocenters. The molecule has 1 aromatic carbocycles. The second-order valence-electron chi connectivity index (χ2n) is 4.91. The molecule has 0 aliphatic carbocycles. The third kappa shape index (κ3) is 3.23. The minimum absolute atomic E-state index is 0.0804. The van der Waals surface area contributed by atoms with Gasteiger partial charge in [0.05, 0.1) is 11.3 Å². The van der Waals surface area contributed by atoms with Crippen molar-refractivity contribution < 1.29 is 9.18 Å². The zero-order valence-electron chi connectivity index (χ0n) is 11.2. The number of nitrogens with two attached hydrogens (primary N) is 1. The van der Waals surface area contributed by atoms with Crippen LogP contribution in [0.15, 0.2) is 18.2 Å². The van der Waals surface area contributed by atoms with Crippen LogP contribution in [0.25, 0.3) is 0 Å². The molecule has 0 spiro atoms. The second kappa shape index (κ2) is 6.02. The minimum atomic E-state index is -0.550. The normalized spacial score (nSPS) is 20.2. The van der Waals surface area contributed by atoms with Gasteiger partial charge in [0.15, 0.2) is 0 Å². The fraction of sp³-hybridized carbons (Fsp3) is 0.500. The zero-order valence-corrected chi connectivity index (χ0v) is 11.2. The highest BCUT2D eigenvalue weighted by atomic mass is 19.1. The number of halogens is 1. The Bertz CT molecular complexity index is 464. The average molecular weight is 265 g/mol. The lowest BCUT2D eigenvalue weighted by molar-refractivity contribution is 0.0906. The summed E-state index contributed by atoms with van der Waals surface area (Å²) in [5, 5.41) is 2.94. The fourth-order valence-electron chi connectivity index (χ4n) is 2.46. The van der Waals surface area contributed by atoms with Gasteiger partial charge < -0.3 is 16.0 Å². The summed E-state index contributed by atoms with van der Waals surface area (Å²) in [6.07, 6.45) is 2.02. The van der Waals surface area contributed by atoms with Crippen molar-refractivity contribution in [2.45, 2.75) is 25.8 Å². The highest BCUT2D eigenvalue weighted by Crippen LogP contribution is 2.17. The van der Waals surface area contributed by atoms with E-state index in [4.69, 9.17) is 5.73 Å². The van der Waals surface area contributed by atoms with Crippen molar-refractivity contribution >= 4 is 11.6 Å². The molecular formula is C14H20FN3O. The van der Waals surface area contributed by atoms with E-state index >= 15 is 0 Å². The van der Waals surface area contributed by atoms with E-state index in [-0.39, 0.29) is 23.2 Å². The molecule has 1 heterocycles. The number of benzene rings is 1. The monoisotopic (exact) mass is 265 g/mol. The topological polar surface area (TPSA) is 58.4 Å². The molecule has 1 aliphatic rings. The highest BCUT2D eigenvalue weighted by molar-refractivity contribution is 5.99. The van der Waals surface area contributed by atoms with Gasteiger partial charge in [-0.2, -0.15) is 0 Å². The van der Waals surface area contributed by atoms with Crippen LogP contribution in [-0.4, -0.2) is 36.5 Å². The molecule has 1 aromatic rings. The predicted octanol–water partition coefficient (Wildman–Crippen LogP) is 1.62. The van der Waals surface area contributed by atoms with Crippen molar-refractivity contribution in [2.75, 3.05) is 25.4 Å². The summed E-state index contributed by atoms with van der Waals surface area (Å²) in [6, 6.07) is 4.42. The number of carbonyl (C=O) groups is 1. The molecule has 104 valence electrons. The Hall–Kier alpha value is -1.62. The van der Waals surface area contributed by atoms with Gasteiger partial charge in [0.2, 0.25) is 0 Å². The molecular weight excluding hydrogens is 245 g/mol. The molecule has 1 aliphatic heterocycles. The Labute approximate surface area is 112 Å². The lowest BCUT2D eigenvalue weighted by atomic mass is 10.0. The summed E-state index contributed by atoms with van der Waals surface area (Å²) in [4.78, 5) is 14.4. The van der Waals surface area contributed by atoms with Crippen LogP contribution < -0.4 is 11.1 Å². The summed E-state index contributed by atoms with van der Waals surface area (Å²) >= 11 is 0. The number of nitrogens with zero attached hydrogens (tertiary/aromatic N) is 1. The molecule has 1 unspecified atom stereocenters. The van der Waals surface area contributed by atoms with Gasteiger partial charge >= 0.3 is 0 Å². The largest absolute Gasteiger partial charge is 0.396 e. The van der Waals surface area contributed by atoms with Crippen LogP contribution in [0.2, 0.25) is 0 Å². The van der Waals surface area contributed by atoms with Crippen molar-refractivity contribution in [1.82, 2.24) is 10.2 Å². The summed E-state index contributed by atoms with van der Waals surface area (Å²) in [6.45, 7) is 5.01. The molecule has 1 fully saturated rings. The van der Waals surface area contributed by atoms with E-state index in [9.17, 15) is 9.18 Å². The van der Waals surface area contributed by atoms with E-state index in [0.29, 0.717) is 0 Å². The number of rotatable bonds is 3. The third-order valence-electron chi connectivity index (χ3n) is 3.59. The summed E-state index contributed by atoms with van der Waals surface area (Å²) in [5.41, 5.74) is 5.73. The second-order valence-corrected chi connectivity index (χ2v) is 4.91. The molecule has 2 rings (SSSR count). The van der Waals surface area contributed by atoms with Gasteiger partial charge in [-0.3, -0.25) is 4.79 Å². The first-order valence-corrected chi connectivity index (χ1v) is 6.69. The maximum absolute atomic E-state index is 13.3.